The molecule has 1 aliphatic rings. The van der Waals surface area contributed by atoms with Crippen LogP contribution in [0.4, 0.5) is 0 Å². The summed E-state index contributed by atoms with van der Waals surface area (Å²) in [6, 6.07) is 8.00. The maximum absolute atomic E-state index is 12.7. The van der Waals surface area contributed by atoms with Crippen LogP contribution in [-0.2, 0) is 11.2 Å². The van der Waals surface area contributed by atoms with E-state index in [0.717, 1.165) is 25.1 Å². The van der Waals surface area contributed by atoms with Gasteiger partial charge >= 0.3 is 0 Å². The fourth-order valence-corrected chi connectivity index (χ4v) is 3.50. The van der Waals surface area contributed by atoms with Crippen molar-refractivity contribution >= 4 is 5.91 Å². The van der Waals surface area contributed by atoms with Gasteiger partial charge in [-0.1, -0.05) is 17.7 Å². The van der Waals surface area contributed by atoms with Crippen molar-refractivity contribution in [3.63, 3.8) is 0 Å². The summed E-state index contributed by atoms with van der Waals surface area (Å²) in [5.41, 5.74) is 2.07. The number of rotatable bonds is 5. The Morgan fingerprint density at radius 1 is 1.26 bits per heavy atom. The zero-order valence-corrected chi connectivity index (χ0v) is 16.2. The largest absolute Gasteiger partial charge is 0.493 e. The monoisotopic (exact) mass is 369 g/mol. The van der Waals surface area contributed by atoms with Crippen LogP contribution in [0.15, 0.2) is 29.1 Å². The first-order valence-electron chi connectivity index (χ1n) is 9.46. The highest BCUT2D eigenvalue weighted by Crippen LogP contribution is 2.20. The minimum Gasteiger partial charge on any atom is -0.493 e. The maximum atomic E-state index is 12.7. The standard InChI is InChI=1S/C21H27N3O3/c1-14-6-8-18(9-7-14)27-13-17-5-4-10-24(12-17)20(25)11-19-15(2)22-16(3)23-21(19)26/h6-9,17H,4-5,10-13H2,1-3H3,(H,22,23,26). The van der Waals surface area contributed by atoms with Gasteiger partial charge in [-0.2, -0.15) is 0 Å². The highest BCUT2D eigenvalue weighted by molar-refractivity contribution is 5.79. The topological polar surface area (TPSA) is 75.3 Å². The Bertz CT molecular complexity index is 858. The van der Waals surface area contributed by atoms with Crippen LogP contribution in [0.3, 0.4) is 0 Å². The van der Waals surface area contributed by atoms with E-state index in [1.54, 1.807) is 13.8 Å². The van der Waals surface area contributed by atoms with Crippen molar-refractivity contribution in [3.8, 4) is 5.75 Å². The number of H-pyrrole nitrogens is 1. The number of hydrogen-bond donors (Lipinski definition) is 1. The van der Waals surface area contributed by atoms with Gasteiger partial charge in [0.15, 0.2) is 0 Å². The molecule has 0 radical (unpaired) electrons. The highest BCUT2D eigenvalue weighted by atomic mass is 16.5. The van der Waals surface area contributed by atoms with E-state index in [9.17, 15) is 9.59 Å². The molecule has 1 aliphatic heterocycles. The number of carbonyl (C=O) groups is 1. The molecule has 1 aromatic carbocycles. The second-order valence-electron chi connectivity index (χ2n) is 7.36. The summed E-state index contributed by atoms with van der Waals surface area (Å²) >= 11 is 0. The lowest BCUT2D eigenvalue weighted by Crippen LogP contribution is -2.43. The lowest BCUT2D eigenvalue weighted by Gasteiger charge is -2.32. The van der Waals surface area contributed by atoms with Crippen molar-refractivity contribution in [1.82, 2.24) is 14.9 Å². The number of piperidine rings is 1. The van der Waals surface area contributed by atoms with Crippen LogP contribution in [0, 0.1) is 26.7 Å². The fourth-order valence-electron chi connectivity index (χ4n) is 3.50. The van der Waals surface area contributed by atoms with Gasteiger partial charge in [-0.3, -0.25) is 9.59 Å². The summed E-state index contributed by atoms with van der Waals surface area (Å²) in [5.74, 6) is 1.71. The molecule has 6 heteroatoms. The molecule has 0 bridgehead atoms. The second-order valence-corrected chi connectivity index (χ2v) is 7.36. The first kappa shape index (κ1) is 19.1. The molecule has 1 atom stereocenters. The van der Waals surface area contributed by atoms with Crippen molar-refractivity contribution in [1.29, 1.82) is 0 Å². The number of ether oxygens (including phenoxy) is 1. The molecule has 0 aliphatic carbocycles. The molecule has 6 nitrogen and oxygen atoms in total. The van der Waals surface area contributed by atoms with Crippen LogP contribution in [0.5, 0.6) is 5.75 Å². The first-order chi connectivity index (χ1) is 12.9. The molecule has 0 saturated carbocycles. The number of benzene rings is 1. The van der Waals surface area contributed by atoms with E-state index in [2.05, 4.69) is 9.97 Å². The van der Waals surface area contributed by atoms with Gasteiger partial charge in [0.1, 0.15) is 11.6 Å². The Morgan fingerprint density at radius 3 is 2.70 bits per heavy atom. The Labute approximate surface area is 159 Å². The number of nitrogens with one attached hydrogen (secondary N) is 1. The summed E-state index contributed by atoms with van der Waals surface area (Å²) in [7, 11) is 0. The molecule has 1 amide bonds. The number of aryl methyl sites for hydroxylation is 3. The Hall–Kier alpha value is -2.63. The molecule has 3 rings (SSSR count). The van der Waals surface area contributed by atoms with Crippen molar-refractivity contribution in [2.45, 2.75) is 40.0 Å². The zero-order valence-electron chi connectivity index (χ0n) is 16.2. The SMILES string of the molecule is Cc1ccc(OCC2CCCN(C(=O)Cc3c(C)nc(C)[nH]c3=O)C2)cc1. The third kappa shape index (κ3) is 4.96. The first-order valence-corrected chi connectivity index (χ1v) is 9.46. The number of likely N-dealkylation sites (tertiary alicyclic amines) is 1. The van der Waals surface area contributed by atoms with Gasteiger partial charge in [0, 0.05) is 30.3 Å². The van der Waals surface area contributed by atoms with E-state index in [0.29, 0.717) is 36.2 Å². The smallest absolute Gasteiger partial charge is 0.254 e. The van der Waals surface area contributed by atoms with Gasteiger partial charge < -0.3 is 14.6 Å². The quantitative estimate of drug-likeness (QED) is 0.879. The number of aromatic amines is 1. The second kappa shape index (κ2) is 8.37. The van der Waals surface area contributed by atoms with Crippen LogP contribution >= 0.6 is 0 Å². The van der Waals surface area contributed by atoms with Crippen molar-refractivity contribution < 1.29 is 9.53 Å². The van der Waals surface area contributed by atoms with Crippen LogP contribution in [0.1, 0.15) is 35.5 Å². The molecule has 1 fully saturated rings. The molecule has 2 aromatic rings. The number of aromatic nitrogens is 2. The van der Waals surface area contributed by atoms with Gasteiger partial charge in [0.25, 0.3) is 5.56 Å². The van der Waals surface area contributed by atoms with Crippen LogP contribution in [0.25, 0.3) is 0 Å². The lowest BCUT2D eigenvalue weighted by atomic mass is 9.98. The Balaban J connectivity index is 1.58. The van der Waals surface area contributed by atoms with Gasteiger partial charge in [-0.25, -0.2) is 4.98 Å². The summed E-state index contributed by atoms with van der Waals surface area (Å²) < 4.78 is 5.90. The molecular weight excluding hydrogens is 342 g/mol. The summed E-state index contributed by atoms with van der Waals surface area (Å²) in [5, 5.41) is 0. The van der Waals surface area contributed by atoms with Crippen molar-refractivity contribution in [3.05, 3.63) is 57.3 Å². The fraction of sp³-hybridized carbons (Fsp3) is 0.476. The van der Waals surface area contributed by atoms with E-state index in [-0.39, 0.29) is 17.9 Å². The average Bonchev–Trinajstić information content (AvgIpc) is 2.64. The summed E-state index contributed by atoms with van der Waals surface area (Å²) in [6.45, 7) is 7.56. The third-order valence-electron chi connectivity index (χ3n) is 5.05. The van der Waals surface area contributed by atoms with Crippen LogP contribution in [0.2, 0.25) is 0 Å². The molecule has 0 spiro atoms. The van der Waals surface area contributed by atoms with E-state index in [1.807, 2.05) is 36.1 Å². The van der Waals surface area contributed by atoms with Crippen LogP contribution in [-0.4, -0.2) is 40.5 Å². The zero-order chi connectivity index (χ0) is 19.4. The molecule has 2 heterocycles. The van der Waals surface area contributed by atoms with E-state index in [1.165, 1.54) is 5.56 Å². The van der Waals surface area contributed by atoms with Gasteiger partial charge in [0.05, 0.1) is 13.0 Å². The molecule has 144 valence electrons. The van der Waals surface area contributed by atoms with E-state index < -0.39 is 0 Å². The number of amides is 1. The Morgan fingerprint density at radius 2 is 2.00 bits per heavy atom. The Kier molecular flexibility index (Phi) is 5.94. The van der Waals surface area contributed by atoms with E-state index in [4.69, 9.17) is 4.74 Å². The molecule has 1 saturated heterocycles. The minimum atomic E-state index is -0.218. The average molecular weight is 369 g/mol. The third-order valence-corrected chi connectivity index (χ3v) is 5.05. The summed E-state index contributed by atoms with van der Waals surface area (Å²) in [4.78, 5) is 33.7. The number of nitrogens with zero attached hydrogens (tertiary/aromatic N) is 2. The maximum Gasteiger partial charge on any atom is 0.254 e. The van der Waals surface area contributed by atoms with E-state index >= 15 is 0 Å². The minimum absolute atomic E-state index is 0.0192. The predicted molar refractivity (Wildman–Crippen MR) is 104 cm³/mol. The lowest BCUT2D eigenvalue weighted by molar-refractivity contribution is -0.132. The van der Waals surface area contributed by atoms with Crippen molar-refractivity contribution in [2.75, 3.05) is 19.7 Å². The number of carbonyl (C=O) groups excluding carboxylic acids is 1. The molecule has 27 heavy (non-hydrogen) atoms. The van der Waals surface area contributed by atoms with Gasteiger partial charge in [-0.05, 0) is 45.7 Å². The highest BCUT2D eigenvalue weighted by Gasteiger charge is 2.25. The number of hydrogen-bond acceptors (Lipinski definition) is 4. The normalized spacial score (nSPS) is 17.0. The van der Waals surface area contributed by atoms with Gasteiger partial charge in [0.2, 0.25) is 5.91 Å². The predicted octanol–water partition coefficient (Wildman–Crippen LogP) is 2.56. The van der Waals surface area contributed by atoms with Crippen molar-refractivity contribution in [2.24, 2.45) is 5.92 Å². The molecular formula is C21H27N3O3. The van der Waals surface area contributed by atoms with Gasteiger partial charge in [-0.15, -0.1) is 0 Å². The molecule has 1 aromatic heterocycles. The molecule has 1 unspecified atom stereocenters. The van der Waals surface area contributed by atoms with Crippen LogP contribution < -0.4 is 10.3 Å². The summed E-state index contributed by atoms with van der Waals surface area (Å²) in [6.07, 6.45) is 2.09. The molecule has 1 N–H and O–H groups in total.